The third kappa shape index (κ3) is 4.00. The smallest absolute Gasteiger partial charge is 0.222 e. The number of carbonyl (C=O) groups excluding carboxylic acids is 1. The Morgan fingerprint density at radius 3 is 2.50 bits per heavy atom. The number of amides is 1. The van der Waals surface area contributed by atoms with Crippen molar-refractivity contribution in [2.45, 2.75) is 46.5 Å². The molecule has 2 nitrogen and oxygen atoms in total. The lowest BCUT2D eigenvalue weighted by Crippen LogP contribution is -2.28. The van der Waals surface area contributed by atoms with Crippen LogP contribution in [0.1, 0.15) is 46.5 Å². The monoisotopic (exact) mass is 243 g/mol. The van der Waals surface area contributed by atoms with Crippen LogP contribution in [0, 0.1) is 11.3 Å². The van der Waals surface area contributed by atoms with Crippen LogP contribution in [0.15, 0.2) is 0 Å². The van der Waals surface area contributed by atoms with E-state index in [-0.39, 0.29) is 5.41 Å². The second-order valence-corrected chi connectivity index (χ2v) is 6.34. The zero-order chi connectivity index (χ0) is 12.2. The Morgan fingerprint density at radius 1 is 1.31 bits per heavy atom. The summed E-state index contributed by atoms with van der Waals surface area (Å²) in [6.07, 6.45) is 4.22. The van der Waals surface area contributed by atoms with Gasteiger partial charge in [-0.2, -0.15) is 12.6 Å². The van der Waals surface area contributed by atoms with Gasteiger partial charge in [0, 0.05) is 19.5 Å². The lowest BCUT2D eigenvalue weighted by atomic mass is 9.80. The summed E-state index contributed by atoms with van der Waals surface area (Å²) in [5, 5.41) is 0. The molecule has 94 valence electrons. The van der Waals surface area contributed by atoms with Crippen molar-refractivity contribution in [3.63, 3.8) is 0 Å². The molecule has 1 aliphatic rings. The van der Waals surface area contributed by atoms with Gasteiger partial charge in [-0.3, -0.25) is 4.79 Å². The summed E-state index contributed by atoms with van der Waals surface area (Å²) in [4.78, 5) is 13.9. The van der Waals surface area contributed by atoms with Crippen LogP contribution in [0.25, 0.3) is 0 Å². The van der Waals surface area contributed by atoms with Gasteiger partial charge in [-0.25, -0.2) is 0 Å². The van der Waals surface area contributed by atoms with Gasteiger partial charge in [-0.15, -0.1) is 0 Å². The van der Waals surface area contributed by atoms with Crippen LogP contribution in [-0.2, 0) is 4.79 Å². The molecule has 0 bridgehead atoms. The number of thiol groups is 1. The molecule has 0 aromatic rings. The van der Waals surface area contributed by atoms with Crippen LogP contribution in [-0.4, -0.2) is 29.6 Å². The van der Waals surface area contributed by atoms with Gasteiger partial charge in [-0.05, 0) is 29.9 Å². The van der Waals surface area contributed by atoms with Crippen molar-refractivity contribution < 1.29 is 4.79 Å². The summed E-state index contributed by atoms with van der Waals surface area (Å²) in [5.41, 5.74) is 0.259. The Hall–Kier alpha value is -0.180. The maximum absolute atomic E-state index is 11.8. The van der Waals surface area contributed by atoms with Crippen LogP contribution in [0.2, 0.25) is 0 Å². The molecule has 16 heavy (non-hydrogen) atoms. The molecule has 1 unspecified atom stereocenters. The number of carbonyl (C=O) groups is 1. The third-order valence-corrected chi connectivity index (χ3v) is 3.84. The summed E-state index contributed by atoms with van der Waals surface area (Å²) < 4.78 is 0. The topological polar surface area (TPSA) is 20.3 Å². The Bertz CT molecular complexity index is 235. The number of unbranched alkanes of at least 4 members (excludes halogenated alkanes) is 2. The molecule has 1 heterocycles. The average molecular weight is 243 g/mol. The molecule has 1 amide bonds. The van der Waals surface area contributed by atoms with Gasteiger partial charge in [0.25, 0.3) is 0 Å². The van der Waals surface area contributed by atoms with Gasteiger partial charge < -0.3 is 4.90 Å². The molecule has 0 aromatic carbocycles. The largest absolute Gasteiger partial charge is 0.342 e. The summed E-state index contributed by atoms with van der Waals surface area (Å²) in [6, 6.07) is 0. The number of rotatable bonds is 5. The van der Waals surface area contributed by atoms with Crippen LogP contribution in [0.3, 0.4) is 0 Å². The maximum Gasteiger partial charge on any atom is 0.222 e. The Labute approximate surface area is 105 Å². The van der Waals surface area contributed by atoms with Gasteiger partial charge in [0.05, 0.1) is 0 Å². The fourth-order valence-corrected chi connectivity index (χ4v) is 2.38. The molecular weight excluding hydrogens is 218 g/mol. The van der Waals surface area contributed by atoms with Crippen molar-refractivity contribution in [3.05, 3.63) is 0 Å². The van der Waals surface area contributed by atoms with E-state index in [1.54, 1.807) is 0 Å². The molecule has 3 heteroatoms. The minimum absolute atomic E-state index is 0.259. The summed E-state index contributed by atoms with van der Waals surface area (Å²) in [7, 11) is 0. The van der Waals surface area contributed by atoms with E-state index >= 15 is 0 Å². The van der Waals surface area contributed by atoms with E-state index in [0.29, 0.717) is 11.8 Å². The van der Waals surface area contributed by atoms with Crippen LogP contribution >= 0.6 is 12.6 Å². The molecule has 1 rings (SSSR count). The predicted octanol–water partition coefficient (Wildman–Crippen LogP) is 2.98. The van der Waals surface area contributed by atoms with E-state index in [1.165, 1.54) is 6.42 Å². The summed E-state index contributed by atoms with van der Waals surface area (Å²) >= 11 is 4.19. The first-order valence-electron chi connectivity index (χ1n) is 6.34. The lowest BCUT2D eigenvalue weighted by Gasteiger charge is -2.26. The number of likely N-dealkylation sites (tertiary alicyclic amines) is 1. The highest BCUT2D eigenvalue weighted by atomic mass is 32.1. The molecular formula is C13H25NOS. The minimum atomic E-state index is 0.259. The first-order chi connectivity index (χ1) is 7.45. The average Bonchev–Trinajstić information content (AvgIpc) is 2.55. The molecule has 0 aromatic heterocycles. The van der Waals surface area contributed by atoms with E-state index in [4.69, 9.17) is 0 Å². The van der Waals surface area contributed by atoms with Crippen molar-refractivity contribution in [2.24, 2.45) is 11.3 Å². The second-order valence-electron chi connectivity index (χ2n) is 5.89. The van der Waals surface area contributed by atoms with Crippen LogP contribution in [0.4, 0.5) is 0 Å². The van der Waals surface area contributed by atoms with E-state index in [2.05, 4.69) is 38.3 Å². The van der Waals surface area contributed by atoms with E-state index in [9.17, 15) is 4.79 Å². The van der Waals surface area contributed by atoms with Gasteiger partial charge in [-0.1, -0.05) is 27.2 Å². The predicted molar refractivity (Wildman–Crippen MR) is 71.8 cm³/mol. The highest BCUT2D eigenvalue weighted by Crippen LogP contribution is 2.34. The SMILES string of the molecule is CC(C)(C)C1CC(=O)N(CCCCCS)C1. The highest BCUT2D eigenvalue weighted by Gasteiger charge is 2.36. The first kappa shape index (κ1) is 13.9. The van der Waals surface area contributed by atoms with Crippen molar-refractivity contribution >= 4 is 18.5 Å². The van der Waals surface area contributed by atoms with Crippen molar-refractivity contribution in [1.29, 1.82) is 0 Å². The molecule has 1 aliphatic heterocycles. The Kier molecular flexibility index (Phi) is 5.16. The molecule has 0 saturated carbocycles. The standard InChI is InChI=1S/C13H25NOS/c1-13(2,3)11-9-12(15)14(10-11)7-5-4-6-8-16/h11,16H,4-10H2,1-3H3. The summed E-state index contributed by atoms with van der Waals surface area (Å²) in [5.74, 6) is 1.84. The van der Waals surface area contributed by atoms with Crippen molar-refractivity contribution in [3.8, 4) is 0 Å². The van der Waals surface area contributed by atoms with Crippen LogP contribution < -0.4 is 0 Å². The molecule has 1 atom stereocenters. The van der Waals surface area contributed by atoms with E-state index < -0.39 is 0 Å². The number of hydrogen-bond donors (Lipinski definition) is 1. The molecule has 0 spiro atoms. The molecule has 0 radical (unpaired) electrons. The van der Waals surface area contributed by atoms with Crippen molar-refractivity contribution in [1.82, 2.24) is 4.90 Å². The summed E-state index contributed by atoms with van der Waals surface area (Å²) in [6.45, 7) is 8.60. The molecule has 0 aliphatic carbocycles. The normalized spacial score (nSPS) is 21.9. The zero-order valence-electron chi connectivity index (χ0n) is 10.8. The maximum atomic E-state index is 11.8. The second kappa shape index (κ2) is 5.95. The molecule has 1 saturated heterocycles. The number of hydrogen-bond acceptors (Lipinski definition) is 2. The van der Waals surface area contributed by atoms with Gasteiger partial charge in [0.2, 0.25) is 5.91 Å². The van der Waals surface area contributed by atoms with Crippen molar-refractivity contribution in [2.75, 3.05) is 18.8 Å². The fourth-order valence-electron chi connectivity index (χ4n) is 2.16. The quantitative estimate of drug-likeness (QED) is 0.581. The third-order valence-electron chi connectivity index (χ3n) is 3.53. The first-order valence-corrected chi connectivity index (χ1v) is 6.97. The minimum Gasteiger partial charge on any atom is -0.342 e. The Balaban J connectivity index is 2.31. The zero-order valence-corrected chi connectivity index (χ0v) is 11.7. The van der Waals surface area contributed by atoms with Gasteiger partial charge in [0.1, 0.15) is 0 Å². The van der Waals surface area contributed by atoms with Gasteiger partial charge in [0.15, 0.2) is 0 Å². The van der Waals surface area contributed by atoms with E-state index in [0.717, 1.165) is 38.1 Å². The highest BCUT2D eigenvalue weighted by molar-refractivity contribution is 7.80. The number of nitrogens with zero attached hydrogens (tertiary/aromatic N) is 1. The molecule has 1 fully saturated rings. The Morgan fingerprint density at radius 2 is 2.00 bits per heavy atom. The van der Waals surface area contributed by atoms with Gasteiger partial charge >= 0.3 is 0 Å². The van der Waals surface area contributed by atoms with Crippen LogP contribution in [0.5, 0.6) is 0 Å². The molecule has 0 N–H and O–H groups in total. The fraction of sp³-hybridized carbons (Fsp3) is 0.923. The lowest BCUT2D eigenvalue weighted by molar-refractivity contribution is -0.127. The van der Waals surface area contributed by atoms with E-state index in [1.807, 2.05) is 0 Å².